The highest BCUT2D eigenvalue weighted by Gasteiger charge is 2.13. The van der Waals surface area contributed by atoms with Gasteiger partial charge in [-0.15, -0.1) is 0 Å². The second kappa shape index (κ2) is 6.47. The van der Waals surface area contributed by atoms with Crippen molar-refractivity contribution < 1.29 is 9.13 Å². The third-order valence-corrected chi connectivity index (χ3v) is 3.45. The van der Waals surface area contributed by atoms with Crippen molar-refractivity contribution in [3.8, 4) is 5.75 Å². The van der Waals surface area contributed by atoms with Crippen molar-refractivity contribution >= 4 is 21.8 Å². The van der Waals surface area contributed by atoms with Gasteiger partial charge in [0.25, 0.3) is 0 Å². The highest BCUT2D eigenvalue weighted by atomic mass is 79.9. The topological polar surface area (TPSA) is 72.0 Å². The summed E-state index contributed by atoms with van der Waals surface area (Å²) < 4.78 is 19.5. The summed E-state index contributed by atoms with van der Waals surface area (Å²) in [5, 5.41) is 7.33. The molecule has 0 unspecified atom stereocenters. The maximum absolute atomic E-state index is 14.0. The molecule has 1 aromatic carbocycles. The van der Waals surface area contributed by atoms with E-state index in [4.69, 9.17) is 15.9 Å². The van der Waals surface area contributed by atoms with Crippen LogP contribution in [0.4, 0.5) is 4.39 Å². The number of hydrogen-bond donors (Lipinski definition) is 2. The number of rotatable bonds is 5. The fraction of sp³-hybridized carbons (Fsp3) is 0.143. The maximum atomic E-state index is 14.0. The molecule has 0 saturated carbocycles. The van der Waals surface area contributed by atoms with Gasteiger partial charge >= 0.3 is 0 Å². The van der Waals surface area contributed by atoms with Crippen molar-refractivity contribution in [1.29, 1.82) is 5.41 Å². The number of amidine groups is 1. The quantitative estimate of drug-likeness (QED) is 0.650. The number of nitrogen functional groups attached to an aromatic ring is 1. The molecular formula is C14H13BrFN3O. The molecule has 0 fully saturated rings. The molecule has 1 heterocycles. The fourth-order valence-electron chi connectivity index (χ4n) is 1.66. The number of nitrogens with two attached hydrogens (primary N) is 1. The van der Waals surface area contributed by atoms with E-state index in [9.17, 15) is 4.39 Å². The first-order chi connectivity index (χ1) is 9.59. The summed E-state index contributed by atoms with van der Waals surface area (Å²) in [5.74, 6) is -0.632. The lowest BCUT2D eigenvalue weighted by molar-refractivity contribution is 0.303. The Morgan fingerprint density at radius 3 is 2.80 bits per heavy atom. The van der Waals surface area contributed by atoms with Gasteiger partial charge in [-0.05, 0) is 40.2 Å². The number of benzene rings is 1. The molecule has 0 radical (unpaired) electrons. The van der Waals surface area contributed by atoms with Gasteiger partial charge in [-0.2, -0.15) is 0 Å². The van der Waals surface area contributed by atoms with Crippen LogP contribution in [-0.4, -0.2) is 17.4 Å². The number of pyridine rings is 1. The molecule has 6 heteroatoms. The molecule has 0 bridgehead atoms. The zero-order chi connectivity index (χ0) is 14.5. The first-order valence-electron chi connectivity index (χ1n) is 5.94. The largest absolute Gasteiger partial charge is 0.490 e. The Bertz CT molecular complexity index is 619. The number of nitrogens with zero attached hydrogens (tertiary/aromatic N) is 1. The molecule has 0 aliphatic rings. The highest BCUT2D eigenvalue weighted by molar-refractivity contribution is 9.10. The van der Waals surface area contributed by atoms with Crippen molar-refractivity contribution in [2.24, 2.45) is 5.73 Å². The number of halogens is 2. The number of nitrogens with one attached hydrogen (secondary N) is 1. The van der Waals surface area contributed by atoms with E-state index in [1.165, 1.54) is 6.07 Å². The van der Waals surface area contributed by atoms with Crippen LogP contribution in [0.5, 0.6) is 5.75 Å². The van der Waals surface area contributed by atoms with E-state index in [0.717, 1.165) is 5.69 Å². The standard InChI is InChI=1S/C14H13BrFN3O/c15-12-10(14(17)18)4-5-11(13(12)16)20-8-6-9-3-1-2-7-19-9/h1-5,7H,6,8H2,(H3,17,18). The summed E-state index contributed by atoms with van der Waals surface area (Å²) >= 11 is 3.08. The van der Waals surface area contributed by atoms with Crippen molar-refractivity contribution in [3.63, 3.8) is 0 Å². The Kier molecular flexibility index (Phi) is 4.68. The van der Waals surface area contributed by atoms with E-state index >= 15 is 0 Å². The van der Waals surface area contributed by atoms with Crippen LogP contribution >= 0.6 is 15.9 Å². The zero-order valence-electron chi connectivity index (χ0n) is 10.6. The first-order valence-corrected chi connectivity index (χ1v) is 6.74. The van der Waals surface area contributed by atoms with Gasteiger partial charge in [-0.1, -0.05) is 6.07 Å². The van der Waals surface area contributed by atoms with Crippen LogP contribution in [0.2, 0.25) is 0 Å². The van der Waals surface area contributed by atoms with Crippen molar-refractivity contribution in [3.05, 3.63) is 58.1 Å². The summed E-state index contributed by atoms with van der Waals surface area (Å²) in [6.45, 7) is 0.319. The number of ether oxygens (including phenoxy) is 1. The van der Waals surface area contributed by atoms with Crippen molar-refractivity contribution in [1.82, 2.24) is 4.98 Å². The minimum Gasteiger partial charge on any atom is -0.490 e. The van der Waals surface area contributed by atoms with Crippen LogP contribution in [0.1, 0.15) is 11.3 Å². The van der Waals surface area contributed by atoms with Crippen LogP contribution in [-0.2, 0) is 6.42 Å². The molecule has 20 heavy (non-hydrogen) atoms. The molecule has 0 atom stereocenters. The van der Waals surface area contributed by atoms with Gasteiger partial charge in [-0.3, -0.25) is 10.4 Å². The Hall–Kier alpha value is -1.95. The molecule has 0 saturated heterocycles. The number of hydrogen-bond acceptors (Lipinski definition) is 3. The van der Waals surface area contributed by atoms with Gasteiger partial charge in [0.05, 0.1) is 11.1 Å². The maximum Gasteiger partial charge on any atom is 0.179 e. The van der Waals surface area contributed by atoms with Crippen LogP contribution in [0.3, 0.4) is 0 Å². The Morgan fingerprint density at radius 1 is 1.35 bits per heavy atom. The third-order valence-electron chi connectivity index (χ3n) is 2.68. The molecular weight excluding hydrogens is 325 g/mol. The number of aromatic nitrogens is 1. The molecule has 0 spiro atoms. The average Bonchev–Trinajstić information content (AvgIpc) is 2.44. The molecule has 2 rings (SSSR count). The molecule has 0 amide bonds. The summed E-state index contributed by atoms with van der Waals surface area (Å²) in [5.41, 5.74) is 6.53. The van der Waals surface area contributed by atoms with E-state index in [1.807, 2.05) is 18.2 Å². The van der Waals surface area contributed by atoms with Gasteiger partial charge in [0.15, 0.2) is 11.6 Å². The zero-order valence-corrected chi connectivity index (χ0v) is 12.2. The van der Waals surface area contributed by atoms with Crippen LogP contribution in [0.15, 0.2) is 41.0 Å². The third kappa shape index (κ3) is 3.33. The average molecular weight is 338 g/mol. The van der Waals surface area contributed by atoms with Crippen molar-refractivity contribution in [2.45, 2.75) is 6.42 Å². The van der Waals surface area contributed by atoms with E-state index < -0.39 is 5.82 Å². The lowest BCUT2D eigenvalue weighted by atomic mass is 10.2. The minimum absolute atomic E-state index is 0.123. The van der Waals surface area contributed by atoms with E-state index in [1.54, 1.807) is 12.3 Å². The van der Waals surface area contributed by atoms with Gasteiger partial charge in [0.2, 0.25) is 0 Å². The smallest absolute Gasteiger partial charge is 0.179 e. The second-order valence-electron chi connectivity index (χ2n) is 4.07. The normalized spacial score (nSPS) is 10.3. The summed E-state index contributed by atoms with van der Waals surface area (Å²) in [6.07, 6.45) is 2.29. The molecule has 1 aromatic heterocycles. The Balaban J connectivity index is 2.04. The Morgan fingerprint density at radius 2 is 2.15 bits per heavy atom. The molecule has 4 nitrogen and oxygen atoms in total. The Labute approximate surface area is 124 Å². The molecule has 2 aromatic rings. The van der Waals surface area contributed by atoms with Gasteiger partial charge < -0.3 is 10.5 Å². The van der Waals surface area contributed by atoms with Crippen LogP contribution < -0.4 is 10.5 Å². The summed E-state index contributed by atoms with van der Waals surface area (Å²) in [6, 6.07) is 8.62. The van der Waals surface area contributed by atoms with Crippen LogP contribution in [0, 0.1) is 11.2 Å². The SMILES string of the molecule is N=C(N)c1ccc(OCCc2ccccn2)c(F)c1Br. The summed E-state index contributed by atoms with van der Waals surface area (Å²) in [4.78, 5) is 4.16. The van der Waals surface area contributed by atoms with Crippen molar-refractivity contribution in [2.75, 3.05) is 6.61 Å². The monoisotopic (exact) mass is 337 g/mol. The predicted octanol–water partition coefficient (Wildman–Crippen LogP) is 2.89. The lowest BCUT2D eigenvalue weighted by Crippen LogP contribution is -2.13. The van der Waals surface area contributed by atoms with Crippen LogP contribution in [0.25, 0.3) is 0 Å². The molecule has 104 valence electrons. The van der Waals surface area contributed by atoms with E-state index in [-0.39, 0.29) is 16.1 Å². The highest BCUT2D eigenvalue weighted by Crippen LogP contribution is 2.28. The fourth-order valence-corrected chi connectivity index (χ4v) is 2.20. The predicted molar refractivity (Wildman–Crippen MR) is 78.6 cm³/mol. The molecule has 0 aliphatic heterocycles. The van der Waals surface area contributed by atoms with Gasteiger partial charge in [0, 0.05) is 23.9 Å². The molecule has 0 aliphatic carbocycles. The van der Waals surface area contributed by atoms with Gasteiger partial charge in [-0.25, -0.2) is 4.39 Å². The first kappa shape index (κ1) is 14.5. The minimum atomic E-state index is -0.557. The lowest BCUT2D eigenvalue weighted by Gasteiger charge is -2.10. The summed E-state index contributed by atoms with van der Waals surface area (Å²) in [7, 11) is 0. The molecule has 3 N–H and O–H groups in total. The van der Waals surface area contributed by atoms with E-state index in [2.05, 4.69) is 20.9 Å². The van der Waals surface area contributed by atoms with E-state index in [0.29, 0.717) is 18.6 Å². The second-order valence-corrected chi connectivity index (χ2v) is 4.87. The van der Waals surface area contributed by atoms with Gasteiger partial charge in [0.1, 0.15) is 5.84 Å².